The van der Waals surface area contributed by atoms with Crippen molar-refractivity contribution in [3.8, 4) is 5.75 Å². The third kappa shape index (κ3) is 2.75. The third-order valence-corrected chi connectivity index (χ3v) is 7.13. The Morgan fingerprint density at radius 1 is 1.07 bits per heavy atom. The lowest BCUT2D eigenvalue weighted by atomic mass is 10.2. The lowest BCUT2D eigenvalue weighted by molar-refractivity contribution is -0.766. The van der Waals surface area contributed by atoms with Crippen molar-refractivity contribution < 1.29 is 14.1 Å². The van der Waals surface area contributed by atoms with Crippen LogP contribution in [0.1, 0.15) is 20.3 Å². The topological polar surface area (TPSA) is 52.0 Å². The first kappa shape index (κ1) is 17.5. The van der Waals surface area contributed by atoms with Crippen LogP contribution < -0.4 is 10.2 Å². The maximum absolute atomic E-state index is 6.04. The van der Waals surface area contributed by atoms with Crippen molar-refractivity contribution in [2.45, 2.75) is 24.6 Å². The summed E-state index contributed by atoms with van der Waals surface area (Å²) in [7, 11) is 0. The molecule has 1 N–H and O–H groups in total. The Labute approximate surface area is 171 Å². The molecule has 2 aromatic rings. The highest BCUT2D eigenvalue weighted by Crippen LogP contribution is 2.50. The molecule has 0 aliphatic carbocycles. The zero-order valence-electron chi connectivity index (χ0n) is 15.5. The molecular formula is C20H19N5OS2+2. The van der Waals surface area contributed by atoms with Gasteiger partial charge in [-0.1, -0.05) is 43.3 Å². The van der Waals surface area contributed by atoms with Crippen LogP contribution in [0.5, 0.6) is 5.75 Å². The zero-order chi connectivity index (χ0) is 19.1. The van der Waals surface area contributed by atoms with Gasteiger partial charge in [0.15, 0.2) is 0 Å². The van der Waals surface area contributed by atoms with Crippen molar-refractivity contribution in [2.75, 3.05) is 0 Å². The second kappa shape index (κ2) is 6.79. The van der Waals surface area contributed by atoms with Gasteiger partial charge in [0.2, 0.25) is 5.17 Å². The highest BCUT2D eigenvalue weighted by Gasteiger charge is 2.74. The van der Waals surface area contributed by atoms with Crippen molar-refractivity contribution in [3.63, 3.8) is 0 Å². The Bertz CT molecular complexity index is 1060. The molecule has 0 saturated carbocycles. The van der Waals surface area contributed by atoms with Crippen LogP contribution in [-0.2, 0) is 0 Å². The fourth-order valence-corrected chi connectivity index (χ4v) is 6.07. The molecule has 0 amide bonds. The number of aliphatic imine (C=N–C) groups is 1. The lowest BCUT2D eigenvalue weighted by Crippen LogP contribution is -2.39. The van der Waals surface area contributed by atoms with E-state index >= 15 is 0 Å². The Morgan fingerprint density at radius 3 is 2.50 bits per heavy atom. The van der Waals surface area contributed by atoms with Crippen molar-refractivity contribution in [2.24, 2.45) is 10.1 Å². The van der Waals surface area contributed by atoms with Gasteiger partial charge in [-0.15, -0.1) is 5.43 Å². The van der Waals surface area contributed by atoms with Gasteiger partial charge in [-0.3, -0.25) is 0 Å². The Kier molecular flexibility index (Phi) is 4.25. The van der Waals surface area contributed by atoms with E-state index in [9.17, 15) is 0 Å². The van der Waals surface area contributed by atoms with E-state index in [1.165, 1.54) is 5.71 Å². The third-order valence-electron chi connectivity index (χ3n) is 4.67. The number of amidine groups is 1. The van der Waals surface area contributed by atoms with Gasteiger partial charge < -0.3 is 4.74 Å². The second-order valence-electron chi connectivity index (χ2n) is 6.43. The number of benzene rings is 2. The number of ether oxygens (including phenoxy) is 1. The SMILES string of the molecule is CCC1=[N+]2N=C(Oc3ccccc3)SC23SC(=Nc2ccccc2)N[N+]3=C1C. The average molecular weight is 410 g/mol. The van der Waals surface area contributed by atoms with Gasteiger partial charge >= 0.3 is 9.56 Å². The molecule has 140 valence electrons. The number of hydrogen-bond acceptors (Lipinski definition) is 5. The van der Waals surface area contributed by atoms with Crippen LogP contribution in [0, 0.1) is 0 Å². The van der Waals surface area contributed by atoms with Gasteiger partial charge in [0.25, 0.3) is 11.4 Å². The highest BCUT2D eigenvalue weighted by molar-refractivity contribution is 8.30. The molecule has 0 radical (unpaired) electrons. The number of nitrogens with one attached hydrogen (secondary N) is 1. The maximum atomic E-state index is 6.04. The predicted octanol–water partition coefficient (Wildman–Crippen LogP) is 3.98. The molecule has 5 rings (SSSR count). The van der Waals surface area contributed by atoms with Crippen molar-refractivity contribution in [1.29, 1.82) is 0 Å². The maximum Gasteiger partial charge on any atom is 0.522 e. The largest absolute Gasteiger partial charge is 0.522 e. The molecule has 6 nitrogen and oxygen atoms in total. The number of thioether (sulfide) groups is 2. The molecule has 1 saturated heterocycles. The predicted molar refractivity (Wildman–Crippen MR) is 116 cm³/mol. The van der Waals surface area contributed by atoms with Crippen LogP contribution in [0.2, 0.25) is 0 Å². The first-order chi connectivity index (χ1) is 13.7. The van der Waals surface area contributed by atoms with Crippen molar-refractivity contribution in [3.05, 3.63) is 60.7 Å². The fraction of sp³-hybridized carbons (Fsp3) is 0.200. The van der Waals surface area contributed by atoms with Gasteiger partial charge in [0, 0.05) is 18.0 Å². The van der Waals surface area contributed by atoms with E-state index in [1.54, 1.807) is 23.5 Å². The summed E-state index contributed by atoms with van der Waals surface area (Å²) in [5.41, 5.74) is 6.71. The summed E-state index contributed by atoms with van der Waals surface area (Å²) in [5.74, 6) is 0.783. The summed E-state index contributed by atoms with van der Waals surface area (Å²) >= 11 is 3.24. The van der Waals surface area contributed by atoms with Crippen molar-refractivity contribution in [1.82, 2.24) is 5.43 Å². The van der Waals surface area contributed by atoms with Crippen LogP contribution in [0.25, 0.3) is 0 Å². The summed E-state index contributed by atoms with van der Waals surface area (Å²) in [6.07, 6.45) is 0.889. The molecule has 2 aromatic carbocycles. The summed E-state index contributed by atoms with van der Waals surface area (Å²) in [5, 5.41) is 6.27. The number of hydrazine groups is 1. The molecule has 0 aromatic heterocycles. The minimum absolute atomic E-state index is 0.479. The first-order valence-corrected chi connectivity index (χ1v) is 10.7. The van der Waals surface area contributed by atoms with Crippen LogP contribution >= 0.6 is 23.5 Å². The smallest absolute Gasteiger partial charge is 0.429 e. The molecule has 1 spiro atoms. The Balaban J connectivity index is 1.50. The van der Waals surface area contributed by atoms with Gasteiger partial charge in [-0.05, 0) is 28.9 Å². The van der Waals surface area contributed by atoms with Crippen LogP contribution in [0.3, 0.4) is 0 Å². The molecule has 3 heterocycles. The van der Waals surface area contributed by atoms with E-state index in [-0.39, 0.29) is 0 Å². The standard InChI is InChI=1S/C20H18N5OS2/c1-3-17-14(2)24-20(27-18(22-24)21-15-10-6-4-7-11-15)25(17)23-19(28-20)26-16-12-8-5-9-13-16/h4-13H,3H2,1-2H3/q+1/p+1. The normalized spacial score (nSPS) is 24.4. The number of para-hydroxylation sites is 2. The van der Waals surface area contributed by atoms with E-state index in [1.807, 2.05) is 60.7 Å². The highest BCUT2D eigenvalue weighted by atomic mass is 32.2. The van der Waals surface area contributed by atoms with E-state index in [4.69, 9.17) is 14.8 Å². The summed E-state index contributed by atoms with van der Waals surface area (Å²) < 4.78 is 9.77. The number of rotatable bonds is 3. The van der Waals surface area contributed by atoms with E-state index < -0.39 is 4.33 Å². The van der Waals surface area contributed by atoms with Gasteiger partial charge in [0.05, 0.1) is 22.6 Å². The fourth-order valence-electron chi connectivity index (χ4n) is 3.40. The zero-order valence-corrected chi connectivity index (χ0v) is 17.1. The first-order valence-electron chi connectivity index (χ1n) is 9.10. The number of nitrogens with zero attached hydrogens (tertiary/aromatic N) is 4. The van der Waals surface area contributed by atoms with Gasteiger partial charge in [-0.2, -0.15) is 0 Å². The molecule has 1 atom stereocenters. The summed E-state index contributed by atoms with van der Waals surface area (Å²) in [6.45, 7) is 4.26. The Morgan fingerprint density at radius 2 is 1.79 bits per heavy atom. The van der Waals surface area contributed by atoms with Crippen LogP contribution in [0.4, 0.5) is 5.69 Å². The molecule has 1 fully saturated rings. The van der Waals surface area contributed by atoms with E-state index in [2.05, 4.69) is 28.6 Å². The van der Waals surface area contributed by atoms with E-state index in [0.29, 0.717) is 5.23 Å². The number of hydrogen-bond donors (Lipinski definition) is 1. The average Bonchev–Trinajstić information content (AvgIpc) is 3.30. The molecule has 28 heavy (non-hydrogen) atoms. The Hall–Kier alpha value is -2.58. The van der Waals surface area contributed by atoms with Gasteiger partial charge in [-0.25, -0.2) is 4.99 Å². The quantitative estimate of drug-likeness (QED) is 0.779. The van der Waals surface area contributed by atoms with E-state index in [0.717, 1.165) is 28.7 Å². The molecule has 3 aliphatic rings. The summed E-state index contributed by atoms with van der Waals surface area (Å²) in [4.78, 5) is 4.76. The molecular weight excluding hydrogens is 390 g/mol. The second-order valence-corrected chi connectivity index (χ2v) is 8.97. The number of hydrazone groups is 2. The monoisotopic (exact) mass is 409 g/mol. The molecule has 1 unspecified atom stereocenters. The molecule has 3 aliphatic heterocycles. The van der Waals surface area contributed by atoms with Crippen LogP contribution in [0.15, 0.2) is 70.8 Å². The molecule has 0 bridgehead atoms. The minimum Gasteiger partial charge on any atom is -0.429 e. The van der Waals surface area contributed by atoms with Crippen LogP contribution in [-0.4, -0.2) is 35.5 Å². The molecule has 8 heteroatoms. The lowest BCUT2D eigenvalue weighted by Gasteiger charge is -2.04. The van der Waals surface area contributed by atoms with Gasteiger partial charge in [0.1, 0.15) is 17.5 Å². The van der Waals surface area contributed by atoms with Crippen molar-refractivity contribution >= 4 is 51.0 Å². The minimum atomic E-state index is -0.479. The summed E-state index contributed by atoms with van der Waals surface area (Å²) in [6, 6.07) is 19.7.